The highest BCUT2D eigenvalue weighted by atomic mass is 35.5. The van der Waals surface area contributed by atoms with Crippen molar-refractivity contribution in [2.24, 2.45) is 4.99 Å². The minimum atomic E-state index is -0.0666. The van der Waals surface area contributed by atoms with E-state index in [9.17, 15) is 0 Å². The number of ether oxygens (including phenoxy) is 2. The van der Waals surface area contributed by atoms with Crippen LogP contribution in [0.4, 0.5) is 0 Å². The normalized spacial score (nSPS) is 23.3. The zero-order valence-electron chi connectivity index (χ0n) is 15.7. The molecule has 2 fully saturated rings. The van der Waals surface area contributed by atoms with E-state index in [0.29, 0.717) is 12.6 Å². The van der Waals surface area contributed by atoms with Crippen LogP contribution in [0.1, 0.15) is 18.1 Å². The summed E-state index contributed by atoms with van der Waals surface area (Å²) in [6, 6.07) is 8.40. The fraction of sp³-hybridized carbons (Fsp3) is 0.632. The Hall–Kier alpha value is -1.34. The maximum atomic E-state index is 6.11. The molecule has 2 aliphatic heterocycles. The van der Waals surface area contributed by atoms with Crippen molar-refractivity contribution in [1.82, 2.24) is 15.1 Å². The molecule has 2 atom stereocenters. The molecule has 144 valence electrons. The lowest BCUT2D eigenvalue weighted by molar-refractivity contribution is 0.0194. The molecule has 1 aromatic carbocycles. The number of guanidine groups is 1. The van der Waals surface area contributed by atoms with Gasteiger partial charge in [0.2, 0.25) is 0 Å². The molecule has 0 spiro atoms. The van der Waals surface area contributed by atoms with E-state index < -0.39 is 0 Å². The first-order chi connectivity index (χ1) is 12.7. The van der Waals surface area contributed by atoms with E-state index in [0.717, 1.165) is 55.9 Å². The molecule has 2 saturated heterocycles. The fourth-order valence-corrected chi connectivity index (χ4v) is 3.93. The number of benzene rings is 1. The summed E-state index contributed by atoms with van der Waals surface area (Å²) in [5.41, 5.74) is 1.07. The zero-order chi connectivity index (χ0) is 18.4. The van der Waals surface area contributed by atoms with E-state index in [-0.39, 0.29) is 6.10 Å². The average Bonchev–Trinajstić information content (AvgIpc) is 3.16. The predicted octanol–water partition coefficient (Wildman–Crippen LogP) is 2.01. The van der Waals surface area contributed by atoms with Gasteiger partial charge >= 0.3 is 0 Å². The van der Waals surface area contributed by atoms with Crippen molar-refractivity contribution >= 4 is 17.6 Å². The maximum Gasteiger partial charge on any atom is 0.193 e. The van der Waals surface area contributed by atoms with Gasteiger partial charge in [-0.2, -0.15) is 0 Å². The summed E-state index contributed by atoms with van der Waals surface area (Å²) in [6.07, 6.45) is 1.10. The Bertz CT molecular complexity index is 607. The molecule has 0 amide bonds. The van der Waals surface area contributed by atoms with Gasteiger partial charge in [-0.3, -0.25) is 9.89 Å². The van der Waals surface area contributed by atoms with E-state index in [1.165, 1.54) is 6.42 Å². The minimum absolute atomic E-state index is 0.0666. The predicted molar refractivity (Wildman–Crippen MR) is 105 cm³/mol. The third kappa shape index (κ3) is 4.88. The summed E-state index contributed by atoms with van der Waals surface area (Å²) >= 11 is 6.11. The second kappa shape index (κ2) is 9.55. The topological polar surface area (TPSA) is 49.3 Å². The van der Waals surface area contributed by atoms with Crippen LogP contribution in [0, 0.1) is 0 Å². The third-order valence-electron chi connectivity index (χ3n) is 5.19. The van der Waals surface area contributed by atoms with Crippen molar-refractivity contribution in [1.29, 1.82) is 0 Å². The number of morpholine rings is 1. The molecule has 0 radical (unpaired) electrons. The number of methoxy groups -OCH3 is 1. The van der Waals surface area contributed by atoms with Crippen LogP contribution in [0.5, 0.6) is 0 Å². The SMILES string of the molecule is CN=C(NCC(OC)c1cccc(Cl)c1)N1CCC(N2CCOCC2)C1. The van der Waals surface area contributed by atoms with Crippen LogP contribution < -0.4 is 5.32 Å². The van der Waals surface area contributed by atoms with Crippen LogP contribution in [0.15, 0.2) is 29.3 Å². The van der Waals surface area contributed by atoms with Gasteiger partial charge in [0, 0.05) is 57.9 Å². The third-order valence-corrected chi connectivity index (χ3v) is 5.42. The summed E-state index contributed by atoms with van der Waals surface area (Å²) in [6.45, 7) is 6.45. The Morgan fingerprint density at radius 2 is 2.19 bits per heavy atom. The van der Waals surface area contributed by atoms with Crippen LogP contribution in [-0.4, -0.2) is 81.9 Å². The number of hydrogen-bond donors (Lipinski definition) is 1. The Labute approximate surface area is 161 Å². The molecule has 0 saturated carbocycles. The molecule has 2 aliphatic rings. The maximum absolute atomic E-state index is 6.11. The molecule has 2 unspecified atom stereocenters. The summed E-state index contributed by atoms with van der Waals surface area (Å²) in [7, 11) is 3.56. The van der Waals surface area contributed by atoms with Crippen molar-refractivity contribution in [2.45, 2.75) is 18.6 Å². The highest BCUT2D eigenvalue weighted by Gasteiger charge is 2.30. The minimum Gasteiger partial charge on any atom is -0.379 e. The summed E-state index contributed by atoms with van der Waals surface area (Å²) < 4.78 is 11.1. The molecule has 6 nitrogen and oxygen atoms in total. The van der Waals surface area contributed by atoms with Crippen LogP contribution >= 0.6 is 11.6 Å². The van der Waals surface area contributed by atoms with E-state index >= 15 is 0 Å². The monoisotopic (exact) mass is 380 g/mol. The Balaban J connectivity index is 1.54. The van der Waals surface area contributed by atoms with Crippen LogP contribution in [0.25, 0.3) is 0 Å². The lowest BCUT2D eigenvalue weighted by Gasteiger charge is -2.32. The molecule has 2 heterocycles. The number of nitrogens with zero attached hydrogens (tertiary/aromatic N) is 3. The van der Waals surface area contributed by atoms with Gasteiger partial charge in [0.1, 0.15) is 0 Å². The molecule has 3 rings (SSSR count). The van der Waals surface area contributed by atoms with Crippen molar-refractivity contribution in [3.8, 4) is 0 Å². The quantitative estimate of drug-likeness (QED) is 0.625. The number of nitrogens with one attached hydrogen (secondary N) is 1. The highest BCUT2D eigenvalue weighted by molar-refractivity contribution is 6.30. The summed E-state index contributed by atoms with van der Waals surface area (Å²) in [5, 5.41) is 4.19. The first kappa shape index (κ1) is 19.4. The fourth-order valence-electron chi connectivity index (χ4n) is 3.74. The van der Waals surface area contributed by atoms with E-state index in [2.05, 4.69) is 20.1 Å². The Morgan fingerprint density at radius 3 is 2.88 bits per heavy atom. The Morgan fingerprint density at radius 1 is 1.38 bits per heavy atom. The summed E-state index contributed by atoms with van der Waals surface area (Å²) in [4.78, 5) is 9.35. The number of halogens is 1. The van der Waals surface area contributed by atoms with Gasteiger partial charge in [0.05, 0.1) is 19.3 Å². The van der Waals surface area contributed by atoms with E-state index in [4.69, 9.17) is 21.1 Å². The molecule has 0 aliphatic carbocycles. The first-order valence-electron chi connectivity index (χ1n) is 9.27. The number of hydrogen-bond acceptors (Lipinski definition) is 4. The molecule has 0 aromatic heterocycles. The number of rotatable bonds is 5. The zero-order valence-corrected chi connectivity index (χ0v) is 16.4. The lowest BCUT2D eigenvalue weighted by atomic mass is 10.1. The van der Waals surface area contributed by atoms with Gasteiger partial charge in [-0.05, 0) is 24.1 Å². The van der Waals surface area contributed by atoms with Crippen LogP contribution in [-0.2, 0) is 9.47 Å². The lowest BCUT2D eigenvalue weighted by Crippen LogP contribution is -2.47. The standard InChI is InChI=1S/C19H29ClN4O2/c1-21-19(22-13-18(25-2)15-4-3-5-16(20)12-15)24-7-6-17(14-24)23-8-10-26-11-9-23/h3-5,12,17-18H,6-11,13-14H2,1-2H3,(H,21,22). The molecule has 1 N–H and O–H groups in total. The Kier molecular flexibility index (Phi) is 7.14. The van der Waals surface area contributed by atoms with Gasteiger partial charge in [-0.15, -0.1) is 0 Å². The highest BCUT2D eigenvalue weighted by Crippen LogP contribution is 2.21. The molecular weight excluding hydrogens is 352 g/mol. The molecule has 1 aromatic rings. The van der Waals surface area contributed by atoms with Crippen LogP contribution in [0.3, 0.4) is 0 Å². The smallest absolute Gasteiger partial charge is 0.193 e. The number of likely N-dealkylation sites (tertiary alicyclic amines) is 1. The first-order valence-corrected chi connectivity index (χ1v) is 9.64. The van der Waals surface area contributed by atoms with Crippen molar-refractivity contribution in [3.63, 3.8) is 0 Å². The van der Waals surface area contributed by atoms with Crippen molar-refractivity contribution < 1.29 is 9.47 Å². The second-order valence-corrected chi connectivity index (χ2v) is 7.18. The van der Waals surface area contributed by atoms with Gasteiger partial charge in [0.15, 0.2) is 5.96 Å². The average molecular weight is 381 g/mol. The van der Waals surface area contributed by atoms with Crippen molar-refractivity contribution in [3.05, 3.63) is 34.9 Å². The van der Waals surface area contributed by atoms with Crippen molar-refractivity contribution in [2.75, 3.05) is 60.1 Å². The second-order valence-electron chi connectivity index (χ2n) is 6.74. The van der Waals surface area contributed by atoms with Gasteiger partial charge in [-0.25, -0.2) is 0 Å². The van der Waals surface area contributed by atoms with Crippen LogP contribution in [0.2, 0.25) is 5.02 Å². The van der Waals surface area contributed by atoms with E-state index in [1.807, 2.05) is 31.3 Å². The largest absolute Gasteiger partial charge is 0.379 e. The number of aliphatic imine (C=N–C) groups is 1. The molecule has 0 bridgehead atoms. The van der Waals surface area contributed by atoms with E-state index in [1.54, 1.807) is 7.11 Å². The molecule has 7 heteroatoms. The van der Waals surface area contributed by atoms with Gasteiger partial charge < -0.3 is 19.7 Å². The summed E-state index contributed by atoms with van der Waals surface area (Å²) in [5.74, 6) is 0.935. The molecular formula is C19H29ClN4O2. The van der Waals surface area contributed by atoms with Gasteiger partial charge in [-0.1, -0.05) is 23.7 Å². The molecule has 26 heavy (non-hydrogen) atoms. The van der Waals surface area contributed by atoms with Gasteiger partial charge in [0.25, 0.3) is 0 Å².